The van der Waals surface area contributed by atoms with E-state index in [2.05, 4.69) is 5.32 Å². The van der Waals surface area contributed by atoms with Gasteiger partial charge < -0.3 is 20.9 Å². The molecule has 2 aliphatic rings. The maximum Gasteiger partial charge on any atom is 0.308 e. The van der Waals surface area contributed by atoms with Crippen molar-refractivity contribution in [2.24, 2.45) is 23.5 Å². The molecule has 4 unspecified atom stereocenters. The molecule has 2 aliphatic carbocycles. The average Bonchev–Trinajstić information content (AvgIpc) is 2.89. The number of ether oxygens (including phenoxy) is 1. The SMILES string of the molecule is NCCOCC(=O)NC1C2CCC(C2)C1C(=O)O. The number of amides is 1. The lowest BCUT2D eigenvalue weighted by Crippen LogP contribution is -2.48. The predicted molar refractivity (Wildman–Crippen MR) is 63.8 cm³/mol. The van der Waals surface area contributed by atoms with Gasteiger partial charge in [0.2, 0.25) is 5.91 Å². The highest BCUT2D eigenvalue weighted by Gasteiger charge is 2.51. The Morgan fingerprint density at radius 3 is 2.72 bits per heavy atom. The molecule has 4 atom stereocenters. The van der Waals surface area contributed by atoms with E-state index in [1.807, 2.05) is 0 Å². The number of rotatable bonds is 6. The van der Waals surface area contributed by atoms with E-state index in [4.69, 9.17) is 10.5 Å². The Balaban J connectivity index is 1.87. The predicted octanol–water partition coefficient (Wildman–Crippen LogP) is -0.423. The molecular formula is C12H20N2O4. The summed E-state index contributed by atoms with van der Waals surface area (Å²) in [6.07, 6.45) is 2.91. The topological polar surface area (TPSA) is 102 Å². The summed E-state index contributed by atoms with van der Waals surface area (Å²) in [5.74, 6) is -0.929. The van der Waals surface area contributed by atoms with Crippen molar-refractivity contribution in [3.05, 3.63) is 0 Å². The largest absolute Gasteiger partial charge is 0.481 e. The molecule has 102 valence electrons. The van der Waals surface area contributed by atoms with Gasteiger partial charge in [-0.1, -0.05) is 0 Å². The fourth-order valence-electron chi connectivity index (χ4n) is 3.33. The lowest BCUT2D eigenvalue weighted by Gasteiger charge is -2.28. The zero-order valence-electron chi connectivity index (χ0n) is 10.3. The summed E-state index contributed by atoms with van der Waals surface area (Å²) in [7, 11) is 0. The molecule has 0 aromatic heterocycles. The van der Waals surface area contributed by atoms with Crippen molar-refractivity contribution in [3.8, 4) is 0 Å². The molecule has 6 nitrogen and oxygen atoms in total. The van der Waals surface area contributed by atoms with Crippen molar-refractivity contribution in [2.45, 2.75) is 25.3 Å². The maximum atomic E-state index is 11.6. The van der Waals surface area contributed by atoms with Crippen LogP contribution in [0.15, 0.2) is 0 Å². The van der Waals surface area contributed by atoms with Crippen LogP contribution in [0.1, 0.15) is 19.3 Å². The van der Waals surface area contributed by atoms with Crippen LogP contribution in [0.5, 0.6) is 0 Å². The van der Waals surface area contributed by atoms with Gasteiger partial charge in [-0.05, 0) is 31.1 Å². The minimum atomic E-state index is -0.796. The molecule has 1 amide bonds. The molecule has 2 fully saturated rings. The van der Waals surface area contributed by atoms with Crippen LogP contribution in [-0.4, -0.2) is 42.8 Å². The van der Waals surface area contributed by atoms with Gasteiger partial charge >= 0.3 is 5.97 Å². The summed E-state index contributed by atoms with van der Waals surface area (Å²) in [6, 6.07) is -0.227. The lowest BCUT2D eigenvalue weighted by atomic mass is 9.84. The van der Waals surface area contributed by atoms with Crippen molar-refractivity contribution in [1.82, 2.24) is 5.32 Å². The molecule has 6 heteroatoms. The highest BCUT2D eigenvalue weighted by molar-refractivity contribution is 5.79. The Kier molecular flexibility index (Phi) is 4.19. The van der Waals surface area contributed by atoms with E-state index >= 15 is 0 Å². The van der Waals surface area contributed by atoms with E-state index in [1.165, 1.54) is 0 Å². The zero-order chi connectivity index (χ0) is 13.1. The number of hydrogen-bond donors (Lipinski definition) is 3. The Morgan fingerprint density at radius 2 is 2.06 bits per heavy atom. The van der Waals surface area contributed by atoms with Crippen LogP contribution in [-0.2, 0) is 14.3 Å². The highest BCUT2D eigenvalue weighted by atomic mass is 16.5. The van der Waals surface area contributed by atoms with E-state index in [1.54, 1.807) is 0 Å². The molecule has 0 aromatic carbocycles. The van der Waals surface area contributed by atoms with E-state index in [-0.39, 0.29) is 24.5 Å². The maximum absolute atomic E-state index is 11.6. The minimum Gasteiger partial charge on any atom is -0.481 e. The number of carboxylic acids is 1. The molecule has 18 heavy (non-hydrogen) atoms. The fraction of sp³-hybridized carbons (Fsp3) is 0.833. The van der Waals surface area contributed by atoms with Crippen LogP contribution >= 0.6 is 0 Å². The van der Waals surface area contributed by atoms with E-state index in [0.717, 1.165) is 19.3 Å². The molecule has 0 spiro atoms. The normalized spacial score (nSPS) is 33.6. The monoisotopic (exact) mass is 256 g/mol. The first kappa shape index (κ1) is 13.3. The third kappa shape index (κ3) is 2.64. The van der Waals surface area contributed by atoms with Crippen LogP contribution in [0, 0.1) is 17.8 Å². The highest BCUT2D eigenvalue weighted by Crippen LogP contribution is 2.48. The van der Waals surface area contributed by atoms with Crippen LogP contribution in [0.3, 0.4) is 0 Å². The van der Waals surface area contributed by atoms with Crippen LogP contribution < -0.4 is 11.1 Å². The molecular weight excluding hydrogens is 236 g/mol. The third-order valence-corrected chi connectivity index (χ3v) is 4.02. The number of carboxylic acid groups (broad SMARTS) is 1. The Morgan fingerprint density at radius 1 is 1.33 bits per heavy atom. The van der Waals surface area contributed by atoms with Gasteiger partial charge in [0, 0.05) is 12.6 Å². The second-order valence-corrected chi connectivity index (χ2v) is 5.13. The summed E-state index contributed by atoms with van der Waals surface area (Å²) in [5, 5.41) is 12.0. The quantitative estimate of drug-likeness (QED) is 0.560. The Labute approximate surface area is 106 Å². The van der Waals surface area contributed by atoms with Gasteiger partial charge in [-0.15, -0.1) is 0 Å². The smallest absolute Gasteiger partial charge is 0.308 e. The number of fused-ring (bicyclic) bond motifs is 2. The molecule has 0 heterocycles. The molecule has 2 rings (SSSR count). The molecule has 2 bridgehead atoms. The lowest BCUT2D eigenvalue weighted by molar-refractivity contribution is -0.145. The Bertz CT molecular complexity index is 334. The first-order valence-electron chi connectivity index (χ1n) is 6.43. The number of nitrogens with two attached hydrogens (primary N) is 1. The van der Waals surface area contributed by atoms with Crippen LogP contribution in [0.4, 0.5) is 0 Å². The molecule has 2 saturated carbocycles. The van der Waals surface area contributed by atoms with Gasteiger partial charge in [0.1, 0.15) is 6.61 Å². The Hall–Kier alpha value is -1.14. The van der Waals surface area contributed by atoms with E-state index in [9.17, 15) is 14.7 Å². The third-order valence-electron chi connectivity index (χ3n) is 4.02. The van der Waals surface area contributed by atoms with Crippen LogP contribution in [0.2, 0.25) is 0 Å². The number of hydrogen-bond acceptors (Lipinski definition) is 4. The van der Waals surface area contributed by atoms with E-state index in [0.29, 0.717) is 19.1 Å². The molecule has 0 aliphatic heterocycles. The van der Waals surface area contributed by atoms with Crippen molar-refractivity contribution in [1.29, 1.82) is 0 Å². The standard InChI is InChI=1S/C12H20N2O4/c13-3-4-18-6-9(15)14-11-8-2-1-7(5-8)10(11)12(16)17/h7-8,10-11H,1-6,13H2,(H,14,15)(H,16,17). The summed E-state index contributed by atoms with van der Waals surface area (Å²) >= 11 is 0. The first-order valence-corrected chi connectivity index (χ1v) is 6.43. The summed E-state index contributed by atoms with van der Waals surface area (Å²) in [5.41, 5.74) is 5.26. The van der Waals surface area contributed by atoms with Crippen molar-refractivity contribution in [3.63, 3.8) is 0 Å². The average molecular weight is 256 g/mol. The van der Waals surface area contributed by atoms with Crippen LogP contribution in [0.25, 0.3) is 0 Å². The fourth-order valence-corrected chi connectivity index (χ4v) is 3.33. The van der Waals surface area contributed by atoms with Gasteiger partial charge in [0.15, 0.2) is 0 Å². The zero-order valence-corrected chi connectivity index (χ0v) is 10.3. The van der Waals surface area contributed by atoms with Crippen molar-refractivity contribution < 1.29 is 19.4 Å². The summed E-state index contributed by atoms with van der Waals surface area (Å²) in [4.78, 5) is 22.9. The van der Waals surface area contributed by atoms with E-state index < -0.39 is 11.9 Å². The van der Waals surface area contributed by atoms with Gasteiger partial charge in [-0.25, -0.2) is 0 Å². The summed E-state index contributed by atoms with van der Waals surface area (Å²) in [6.45, 7) is 0.670. The second kappa shape index (κ2) is 5.67. The molecule has 0 aromatic rings. The van der Waals surface area contributed by atoms with Crippen molar-refractivity contribution >= 4 is 11.9 Å². The van der Waals surface area contributed by atoms with Gasteiger partial charge in [0.25, 0.3) is 0 Å². The van der Waals surface area contributed by atoms with Gasteiger partial charge in [0.05, 0.1) is 12.5 Å². The number of carbonyl (C=O) groups excluding carboxylic acids is 1. The van der Waals surface area contributed by atoms with Gasteiger partial charge in [-0.2, -0.15) is 0 Å². The molecule has 0 radical (unpaired) electrons. The molecule has 0 saturated heterocycles. The molecule has 4 N–H and O–H groups in total. The van der Waals surface area contributed by atoms with Crippen molar-refractivity contribution in [2.75, 3.05) is 19.8 Å². The summed E-state index contributed by atoms with van der Waals surface area (Å²) < 4.78 is 5.05. The van der Waals surface area contributed by atoms with Gasteiger partial charge in [-0.3, -0.25) is 9.59 Å². The minimum absolute atomic E-state index is 0.0442. The number of carbonyl (C=O) groups is 2. The number of aliphatic carboxylic acids is 1. The number of nitrogens with one attached hydrogen (secondary N) is 1. The first-order chi connectivity index (χ1) is 8.63. The second-order valence-electron chi connectivity index (χ2n) is 5.13.